The van der Waals surface area contributed by atoms with E-state index in [1.807, 2.05) is 5.32 Å². The summed E-state index contributed by atoms with van der Waals surface area (Å²) >= 11 is 9.50. The highest BCUT2D eigenvalue weighted by atomic mass is 32.2. The van der Waals surface area contributed by atoms with Crippen LogP contribution in [0.2, 0.25) is 0 Å². The Morgan fingerprint density at radius 3 is 1.35 bits per heavy atom. The normalized spacial score (nSPS) is 16.9. The first-order chi connectivity index (χ1) is 48.8. The molecule has 1 aliphatic rings. The van der Waals surface area contributed by atoms with Crippen LogP contribution >= 0.6 is 37.0 Å². The fraction of sp³-hybridized carbons (Fsp3) is 0.712. The first kappa shape index (κ1) is 93.4. The molecule has 45 heteroatoms. The van der Waals surface area contributed by atoms with Crippen LogP contribution in [0.5, 0.6) is 0 Å². The maximum absolute atomic E-state index is 14.3. The van der Waals surface area contributed by atoms with Gasteiger partial charge in [0, 0.05) is 31.1 Å². The fourth-order valence-electron chi connectivity index (χ4n) is 9.66. The van der Waals surface area contributed by atoms with Crippen LogP contribution in [0.25, 0.3) is 0 Å². The van der Waals surface area contributed by atoms with E-state index in [4.69, 9.17) is 33.8 Å². The lowest BCUT2D eigenvalue weighted by Gasteiger charge is -2.30. The SMILES string of the molecule is CSCC[C@H](NC(=O)CNC(=O)[C@H](CS)NC(=O)[C@@H](N)[C@@H](C)O)C(=O)N[C@@H](CCCN=C(N)N)C(=O)N[C@@H](CCCN=C(N)N)C(=O)N[C@H](C(=O)N[C@@H](CS)C(=O)N[C@@H](CO)C(=O)N[C@H](C(=O)N[C@@H](CC(C)C)C(=O)N[C@@H](C)C(=O)N1CCC[C@H]1C(=O)NCC(=O)N[C@@H](CO)C(=O)O)[C@@H](C)O)[C@@H](C)O. The van der Waals surface area contributed by atoms with E-state index in [-0.39, 0.29) is 93.9 Å². The average molecular weight is 1540 g/mol. The second-order valence-electron chi connectivity index (χ2n) is 24.6. The third-order valence-electron chi connectivity index (χ3n) is 15.4. The molecule has 0 aliphatic carbocycles. The van der Waals surface area contributed by atoms with E-state index in [2.05, 4.69) is 99.0 Å². The fourth-order valence-corrected chi connectivity index (χ4v) is 10.6. The van der Waals surface area contributed by atoms with Gasteiger partial charge in [-0.3, -0.25) is 77.1 Å². The van der Waals surface area contributed by atoms with Crippen molar-refractivity contribution in [1.82, 2.24) is 74.0 Å². The molecule has 42 nitrogen and oxygen atoms in total. The highest BCUT2D eigenvalue weighted by Crippen LogP contribution is 2.19. The Bertz CT molecular complexity index is 2990. The van der Waals surface area contributed by atoms with Gasteiger partial charge in [0.2, 0.25) is 82.7 Å². The number of hydrogen-bond donors (Lipinski definition) is 26. The summed E-state index contributed by atoms with van der Waals surface area (Å²) in [5.74, 6) is -16.8. The third-order valence-corrected chi connectivity index (χ3v) is 16.8. The van der Waals surface area contributed by atoms with Crippen molar-refractivity contribution in [3.63, 3.8) is 0 Å². The van der Waals surface area contributed by atoms with E-state index in [0.29, 0.717) is 6.42 Å². The molecule has 14 amide bonds. The van der Waals surface area contributed by atoms with E-state index < -0.39 is 218 Å². The Balaban J connectivity index is 3.38. The van der Waals surface area contributed by atoms with Crippen LogP contribution in [0.1, 0.15) is 92.9 Å². The van der Waals surface area contributed by atoms with Crippen LogP contribution in [0, 0.1) is 5.92 Å². The number of guanidine groups is 2. The third kappa shape index (κ3) is 33.9. The molecule has 1 rings (SSSR count). The highest BCUT2D eigenvalue weighted by Gasteiger charge is 2.40. The van der Waals surface area contributed by atoms with Gasteiger partial charge in [-0.2, -0.15) is 37.0 Å². The predicted molar refractivity (Wildman–Crippen MR) is 382 cm³/mol. The number of nitrogens with zero attached hydrogens (tertiary/aromatic N) is 3. The Labute approximate surface area is 615 Å². The molecule has 1 heterocycles. The van der Waals surface area contributed by atoms with Gasteiger partial charge in [-0.25, -0.2) is 4.79 Å². The highest BCUT2D eigenvalue weighted by molar-refractivity contribution is 7.98. The topological polar surface area (TPSA) is 692 Å². The number of aliphatic imine (C=N–C) groups is 2. The molecule has 0 radical (unpaired) electrons. The number of carboxylic acid groups (broad SMARTS) is 1. The van der Waals surface area contributed by atoms with Crippen LogP contribution in [-0.2, 0) is 71.9 Å². The summed E-state index contributed by atoms with van der Waals surface area (Å²) in [6.07, 6.45) is -3.07. The Kier molecular flexibility index (Phi) is 43.5. The minimum atomic E-state index is -1.93. The molecule has 1 saturated heterocycles. The van der Waals surface area contributed by atoms with Crippen molar-refractivity contribution in [3.8, 4) is 0 Å². The molecule has 0 unspecified atom stereocenters. The van der Waals surface area contributed by atoms with Gasteiger partial charge in [0.1, 0.15) is 78.5 Å². The van der Waals surface area contributed by atoms with Gasteiger partial charge in [-0.05, 0) is 97.0 Å². The van der Waals surface area contributed by atoms with E-state index in [9.17, 15) is 97.5 Å². The van der Waals surface area contributed by atoms with Crippen LogP contribution < -0.4 is 97.8 Å². The zero-order valence-corrected chi connectivity index (χ0v) is 61.5. The number of carbonyl (C=O) groups is 15. The monoisotopic (exact) mass is 1540 g/mol. The molecular formula is C59H105N21O21S3. The van der Waals surface area contributed by atoms with E-state index >= 15 is 0 Å². The molecule has 0 aromatic heterocycles. The van der Waals surface area contributed by atoms with E-state index in [0.717, 1.165) is 18.7 Å². The van der Waals surface area contributed by atoms with Crippen LogP contribution in [-0.4, -0.2) is 302 Å². The summed E-state index contributed by atoms with van der Waals surface area (Å²) < 4.78 is 0. The number of aliphatic hydroxyl groups is 5. The van der Waals surface area contributed by atoms with Crippen LogP contribution in [0.3, 0.4) is 0 Å². The van der Waals surface area contributed by atoms with Gasteiger partial charge in [-0.1, -0.05) is 13.8 Å². The molecule has 1 fully saturated rings. The summed E-state index contributed by atoms with van der Waals surface area (Å²) in [7, 11) is 0. The largest absolute Gasteiger partial charge is 0.480 e. The van der Waals surface area contributed by atoms with Crippen molar-refractivity contribution in [2.75, 3.05) is 69.5 Å². The number of thioether (sulfide) groups is 1. The molecule has 16 atom stereocenters. The number of aliphatic hydroxyl groups excluding tert-OH is 5. The number of likely N-dealkylation sites (tertiary alicyclic amines) is 1. The molecule has 0 aromatic rings. The maximum Gasteiger partial charge on any atom is 0.328 e. The van der Waals surface area contributed by atoms with Crippen LogP contribution in [0.4, 0.5) is 0 Å². The zero-order chi connectivity index (χ0) is 79.2. The van der Waals surface area contributed by atoms with Crippen molar-refractivity contribution in [2.45, 2.75) is 190 Å². The van der Waals surface area contributed by atoms with Gasteiger partial charge >= 0.3 is 5.97 Å². The first-order valence-corrected chi connectivity index (χ1v) is 35.7. The summed E-state index contributed by atoms with van der Waals surface area (Å²) in [6, 6.07) is -20.1. The van der Waals surface area contributed by atoms with E-state index in [1.165, 1.54) is 25.6 Å². The number of nitrogens with two attached hydrogens (primary N) is 5. The van der Waals surface area contributed by atoms with Gasteiger partial charge in [0.15, 0.2) is 11.9 Å². The number of amides is 14. The smallest absolute Gasteiger partial charge is 0.328 e. The molecule has 1 aliphatic heterocycles. The lowest BCUT2D eigenvalue weighted by atomic mass is 10.0. The standard InChI is InChI=1S/C59H105N21O21S3/c1-26(2)19-34(49(92)69-27(3)56(99)80-17-10-13-39(80)52(95)68-21-41(87)71-36(23-82)57(100)101)74-54(97)43(29(5)84)79-50(93)35(22-81)75-51(94)38(25-103)77-55(98)44(30(6)85)78-48(91)32(12-9-16-66-59(63)64)73-46(89)31(11-8-15-65-58(61)62)72-47(90)33(14-18-104-7)70-40(86)20-67-45(88)37(24-102)76-53(96)42(60)28(4)83/h26-39,42-44,81-85,102-103H,8-25,60H2,1-7H3,(H,67,88)(H,68,95)(H,69,92)(H,70,86)(H,71,87)(H,72,90)(H,73,89)(H,74,97)(H,75,94)(H,76,96)(H,77,98)(H,78,91)(H,79,93)(H,100,101)(H4,61,62,65)(H4,63,64,66)/t27-,28+,29+,30+,31-,32-,33-,34-,35-,36-,37-,38-,39-,42-,43-,44-/m0/s1. The molecule has 0 aromatic carbocycles. The summed E-state index contributed by atoms with van der Waals surface area (Å²) in [6.45, 7) is 4.54. The maximum atomic E-state index is 14.3. The Hall–Kier alpha value is -8.60. The molecule has 590 valence electrons. The summed E-state index contributed by atoms with van der Waals surface area (Å²) in [4.78, 5) is 210. The number of rotatable bonds is 48. The van der Waals surface area contributed by atoms with Crippen molar-refractivity contribution in [1.29, 1.82) is 0 Å². The van der Waals surface area contributed by atoms with Crippen molar-refractivity contribution >= 4 is 138 Å². The molecule has 0 bridgehead atoms. The Morgan fingerprint density at radius 1 is 0.500 bits per heavy atom. The van der Waals surface area contributed by atoms with Gasteiger partial charge < -0.3 is 133 Å². The van der Waals surface area contributed by atoms with Crippen LogP contribution in [0.15, 0.2) is 9.98 Å². The first-order valence-electron chi connectivity index (χ1n) is 33.0. The molecule has 0 saturated carbocycles. The van der Waals surface area contributed by atoms with E-state index in [1.54, 1.807) is 20.1 Å². The zero-order valence-electron chi connectivity index (χ0n) is 58.9. The lowest BCUT2D eigenvalue weighted by Crippen LogP contribution is -2.63. The Morgan fingerprint density at radius 2 is 0.904 bits per heavy atom. The number of carboxylic acids is 1. The number of carbonyl (C=O) groups excluding carboxylic acids is 14. The molecule has 104 heavy (non-hydrogen) atoms. The quantitative estimate of drug-likeness (QED) is 0.0116. The summed E-state index contributed by atoms with van der Waals surface area (Å²) in [5, 5.41) is 90.5. The molecule has 0 spiro atoms. The minimum Gasteiger partial charge on any atom is -0.480 e. The van der Waals surface area contributed by atoms with Crippen molar-refractivity contribution in [3.05, 3.63) is 0 Å². The molecule has 29 N–H and O–H groups in total. The van der Waals surface area contributed by atoms with Gasteiger partial charge in [-0.15, -0.1) is 0 Å². The van der Waals surface area contributed by atoms with Gasteiger partial charge in [0.05, 0.1) is 44.6 Å². The van der Waals surface area contributed by atoms with Gasteiger partial charge in [0.25, 0.3) is 0 Å². The second-order valence-corrected chi connectivity index (χ2v) is 26.3. The number of nitrogens with one attached hydrogen (secondary N) is 13. The van der Waals surface area contributed by atoms with Crippen molar-refractivity contribution in [2.24, 2.45) is 44.6 Å². The average Bonchev–Trinajstić information content (AvgIpc) is 1.58. The number of thiol groups is 2. The number of hydrogen-bond acceptors (Lipinski definition) is 26. The minimum absolute atomic E-state index is 0.0171. The second kappa shape index (κ2) is 48.4. The number of aliphatic carboxylic acids is 1. The predicted octanol–water partition coefficient (Wildman–Crippen LogP) is -12.1. The van der Waals surface area contributed by atoms with Crippen molar-refractivity contribution < 1.29 is 103 Å². The molecular weight excluding hydrogens is 1430 g/mol. The lowest BCUT2D eigenvalue weighted by molar-refractivity contribution is -0.143. The summed E-state index contributed by atoms with van der Waals surface area (Å²) in [5.41, 5.74) is 27.7.